The number of likely N-dealkylation sites (tertiary alicyclic amines) is 1. The van der Waals surface area contributed by atoms with Gasteiger partial charge < -0.3 is 14.9 Å². The fraction of sp³-hybridized carbons (Fsp3) is 0.684. The number of aliphatic hydroxyl groups excluding tert-OH is 2. The average molecular weight is 399 g/mol. The zero-order chi connectivity index (χ0) is 19.6. The summed E-state index contributed by atoms with van der Waals surface area (Å²) in [6.45, 7) is 5.56. The van der Waals surface area contributed by atoms with Crippen LogP contribution in [-0.4, -0.2) is 74.1 Å². The Morgan fingerprint density at radius 2 is 1.81 bits per heavy atom. The van der Waals surface area contributed by atoms with Crippen LogP contribution >= 0.6 is 0 Å². The van der Waals surface area contributed by atoms with E-state index in [0.29, 0.717) is 5.92 Å². The number of benzene rings is 1. The maximum Gasteiger partial charge on any atom is 0.240 e. The van der Waals surface area contributed by atoms with Gasteiger partial charge in [0, 0.05) is 6.54 Å². The summed E-state index contributed by atoms with van der Waals surface area (Å²) >= 11 is 0. The number of nitrogens with one attached hydrogen (secondary N) is 1. The van der Waals surface area contributed by atoms with Crippen molar-refractivity contribution < 1.29 is 23.4 Å². The van der Waals surface area contributed by atoms with Gasteiger partial charge in [-0.1, -0.05) is 24.6 Å². The Hall–Kier alpha value is -1.03. The number of aryl methyl sites for hydroxylation is 1. The lowest BCUT2D eigenvalue weighted by atomic mass is 9.94. The number of rotatable bonds is 6. The summed E-state index contributed by atoms with van der Waals surface area (Å²) in [6.07, 6.45) is 0.0372. The quantitative estimate of drug-likeness (QED) is 0.645. The minimum atomic E-state index is -3.66. The van der Waals surface area contributed by atoms with Gasteiger partial charge >= 0.3 is 0 Å². The van der Waals surface area contributed by atoms with Gasteiger partial charge in [0.2, 0.25) is 10.0 Å². The second kappa shape index (κ2) is 8.55. The minimum absolute atomic E-state index is 0.0560. The molecule has 2 saturated heterocycles. The van der Waals surface area contributed by atoms with Crippen molar-refractivity contribution in [2.24, 2.45) is 5.92 Å². The lowest BCUT2D eigenvalue weighted by Crippen LogP contribution is -2.53. The van der Waals surface area contributed by atoms with Gasteiger partial charge in [-0.2, -0.15) is 0 Å². The van der Waals surface area contributed by atoms with Crippen molar-refractivity contribution in [3.63, 3.8) is 0 Å². The van der Waals surface area contributed by atoms with Crippen LogP contribution < -0.4 is 4.72 Å². The average Bonchev–Trinajstić information content (AvgIpc) is 2.97. The van der Waals surface area contributed by atoms with Crippen LogP contribution in [0.2, 0.25) is 0 Å². The molecule has 0 unspecified atom stereocenters. The van der Waals surface area contributed by atoms with E-state index < -0.39 is 28.3 Å². The topological polar surface area (TPSA) is 99.1 Å². The predicted octanol–water partition coefficient (Wildman–Crippen LogP) is 0.494. The highest BCUT2D eigenvalue weighted by atomic mass is 32.2. The molecule has 8 heteroatoms. The molecule has 0 aromatic heterocycles. The third-order valence-electron chi connectivity index (χ3n) is 5.69. The van der Waals surface area contributed by atoms with Gasteiger partial charge in [-0.15, -0.1) is 0 Å². The molecule has 0 radical (unpaired) electrons. The molecular formula is C19H30N2O5S. The fourth-order valence-corrected chi connectivity index (χ4v) is 4.96. The van der Waals surface area contributed by atoms with Crippen molar-refractivity contribution in [1.82, 2.24) is 9.62 Å². The van der Waals surface area contributed by atoms with Gasteiger partial charge in [0.1, 0.15) is 12.2 Å². The standard InChI is InChI=1S/C19H30N2O5S/c1-13-3-5-15(6-4-13)27(24,25)20-11-16-18(19(23)17(12-22)26-16)21-9-7-14(2)8-10-21/h3-6,14,16-20,22-23H,7-12H2,1-2H3/t16-,17-,18-,19+/m0/s1. The molecule has 0 saturated carbocycles. The van der Waals surface area contributed by atoms with E-state index in [4.69, 9.17) is 4.74 Å². The monoisotopic (exact) mass is 398 g/mol. The zero-order valence-electron chi connectivity index (χ0n) is 15.9. The molecule has 7 nitrogen and oxygen atoms in total. The van der Waals surface area contributed by atoms with Crippen molar-refractivity contribution in [3.05, 3.63) is 29.8 Å². The molecular weight excluding hydrogens is 368 g/mol. The molecule has 27 heavy (non-hydrogen) atoms. The Kier molecular flexibility index (Phi) is 6.55. The summed E-state index contributed by atoms with van der Waals surface area (Å²) in [5, 5.41) is 20.1. The summed E-state index contributed by atoms with van der Waals surface area (Å²) in [6, 6.07) is 6.33. The Bertz CT molecular complexity index is 716. The SMILES string of the molecule is Cc1ccc(S(=O)(=O)NC[C@@H]2O[C@@H](CO)[C@@H](O)[C@H]2N2CCC(C)CC2)cc1. The molecule has 1 aromatic rings. The highest BCUT2D eigenvalue weighted by molar-refractivity contribution is 7.89. The van der Waals surface area contributed by atoms with E-state index in [1.807, 2.05) is 6.92 Å². The molecule has 2 aliphatic heterocycles. The molecule has 2 heterocycles. The van der Waals surface area contributed by atoms with Crippen LogP contribution in [0.3, 0.4) is 0 Å². The van der Waals surface area contributed by atoms with Gasteiger partial charge in [0.05, 0.1) is 23.6 Å². The number of nitrogens with zero attached hydrogens (tertiary/aromatic N) is 1. The van der Waals surface area contributed by atoms with Crippen LogP contribution in [0.5, 0.6) is 0 Å². The summed E-state index contributed by atoms with van der Waals surface area (Å²) in [5.74, 6) is 0.646. The van der Waals surface area contributed by atoms with Crippen molar-refractivity contribution in [1.29, 1.82) is 0 Å². The molecule has 3 N–H and O–H groups in total. The Morgan fingerprint density at radius 3 is 2.41 bits per heavy atom. The number of ether oxygens (including phenoxy) is 1. The van der Waals surface area contributed by atoms with E-state index in [1.165, 1.54) is 0 Å². The van der Waals surface area contributed by atoms with E-state index in [1.54, 1.807) is 24.3 Å². The molecule has 0 aliphatic carbocycles. The van der Waals surface area contributed by atoms with Crippen LogP contribution in [-0.2, 0) is 14.8 Å². The molecule has 152 valence electrons. The Morgan fingerprint density at radius 1 is 1.19 bits per heavy atom. The van der Waals surface area contributed by atoms with Gasteiger partial charge in [-0.05, 0) is 50.9 Å². The van der Waals surface area contributed by atoms with Crippen LogP contribution in [0.25, 0.3) is 0 Å². The number of hydrogen-bond donors (Lipinski definition) is 3. The first kappa shape index (κ1) is 20.7. The first-order chi connectivity index (χ1) is 12.8. The molecule has 0 spiro atoms. The first-order valence-electron chi connectivity index (χ1n) is 9.56. The third kappa shape index (κ3) is 4.70. The molecule has 0 bridgehead atoms. The van der Waals surface area contributed by atoms with Gasteiger partial charge in [-0.25, -0.2) is 13.1 Å². The molecule has 3 rings (SSSR count). The van der Waals surface area contributed by atoms with E-state index >= 15 is 0 Å². The van der Waals surface area contributed by atoms with Gasteiger partial charge in [-0.3, -0.25) is 4.90 Å². The zero-order valence-corrected chi connectivity index (χ0v) is 16.7. The number of piperidine rings is 1. The lowest BCUT2D eigenvalue weighted by molar-refractivity contribution is -0.0201. The van der Waals surface area contributed by atoms with E-state index in [0.717, 1.165) is 31.5 Å². The second-order valence-electron chi connectivity index (χ2n) is 7.76. The second-order valence-corrected chi connectivity index (χ2v) is 9.53. The van der Waals surface area contributed by atoms with Crippen LogP contribution in [0.1, 0.15) is 25.3 Å². The van der Waals surface area contributed by atoms with Crippen LogP contribution in [0.15, 0.2) is 29.2 Å². The lowest BCUT2D eigenvalue weighted by Gasteiger charge is -2.38. The van der Waals surface area contributed by atoms with E-state index in [2.05, 4.69) is 16.5 Å². The Balaban J connectivity index is 1.70. The van der Waals surface area contributed by atoms with Gasteiger partial charge in [0.15, 0.2) is 0 Å². The fourth-order valence-electron chi connectivity index (χ4n) is 3.92. The van der Waals surface area contributed by atoms with Crippen LogP contribution in [0.4, 0.5) is 0 Å². The van der Waals surface area contributed by atoms with Crippen molar-refractivity contribution in [3.8, 4) is 0 Å². The number of aliphatic hydroxyl groups is 2. The molecule has 2 fully saturated rings. The smallest absolute Gasteiger partial charge is 0.240 e. The number of sulfonamides is 1. The minimum Gasteiger partial charge on any atom is -0.394 e. The van der Waals surface area contributed by atoms with Crippen molar-refractivity contribution >= 4 is 10.0 Å². The molecule has 2 aliphatic rings. The van der Waals surface area contributed by atoms with Crippen molar-refractivity contribution in [2.75, 3.05) is 26.2 Å². The Labute approximate surface area is 161 Å². The normalized spacial score (nSPS) is 30.7. The van der Waals surface area contributed by atoms with E-state index in [-0.39, 0.29) is 24.1 Å². The summed E-state index contributed by atoms with van der Waals surface area (Å²) < 4.78 is 33.5. The number of hydrogen-bond acceptors (Lipinski definition) is 6. The summed E-state index contributed by atoms with van der Waals surface area (Å²) in [7, 11) is -3.66. The van der Waals surface area contributed by atoms with Gasteiger partial charge in [0.25, 0.3) is 0 Å². The van der Waals surface area contributed by atoms with Crippen LogP contribution in [0, 0.1) is 12.8 Å². The van der Waals surface area contributed by atoms with Crippen molar-refractivity contribution in [2.45, 2.75) is 55.9 Å². The third-order valence-corrected chi connectivity index (χ3v) is 7.13. The first-order valence-corrected chi connectivity index (χ1v) is 11.0. The molecule has 0 amide bonds. The van der Waals surface area contributed by atoms with E-state index in [9.17, 15) is 18.6 Å². The summed E-state index contributed by atoms with van der Waals surface area (Å²) in [5.41, 5.74) is 0.987. The largest absolute Gasteiger partial charge is 0.394 e. The highest BCUT2D eigenvalue weighted by Gasteiger charge is 2.46. The molecule has 1 aromatic carbocycles. The maximum atomic E-state index is 12.6. The maximum absolute atomic E-state index is 12.6. The predicted molar refractivity (Wildman–Crippen MR) is 102 cm³/mol. The summed E-state index contributed by atoms with van der Waals surface area (Å²) in [4.78, 5) is 2.37. The molecule has 4 atom stereocenters. The highest BCUT2D eigenvalue weighted by Crippen LogP contribution is 2.29.